The van der Waals surface area contributed by atoms with Gasteiger partial charge in [0, 0.05) is 36.1 Å². The van der Waals surface area contributed by atoms with Gasteiger partial charge in [0.25, 0.3) is 5.91 Å². The Hall–Kier alpha value is -2.79. The molecule has 0 spiro atoms. The molecule has 5 nitrogen and oxygen atoms in total. The van der Waals surface area contributed by atoms with Crippen molar-refractivity contribution in [3.05, 3.63) is 65.6 Å². The average Bonchev–Trinajstić information content (AvgIpc) is 3.20. The first-order valence-electron chi connectivity index (χ1n) is 8.56. The van der Waals surface area contributed by atoms with E-state index in [0.717, 1.165) is 34.9 Å². The first-order chi connectivity index (χ1) is 12.6. The largest absolute Gasteiger partial charge is 0.351 e. The number of hydrogen-bond donors (Lipinski definition) is 1. The highest BCUT2D eigenvalue weighted by atomic mass is 35.5. The summed E-state index contributed by atoms with van der Waals surface area (Å²) in [5.74, 6) is -0.0738. The number of amides is 1. The molecule has 6 heteroatoms. The van der Waals surface area contributed by atoms with Crippen LogP contribution in [-0.4, -0.2) is 26.6 Å². The Morgan fingerprint density at radius 3 is 2.88 bits per heavy atom. The standard InChI is InChI=1S/C20H19ClN4O/c1-24-18-12-15(21)8-7-14(18)11-19(24)20(26)22-9-4-10-25-13-23-16-5-2-3-6-17(16)25/h2-3,5-8,11-13H,4,9-10H2,1H3,(H,22,26). The van der Waals surface area contributed by atoms with Crippen LogP contribution in [0.15, 0.2) is 54.9 Å². The number of nitrogens with one attached hydrogen (secondary N) is 1. The minimum Gasteiger partial charge on any atom is -0.351 e. The fraction of sp³-hybridized carbons (Fsp3) is 0.200. The molecule has 2 aromatic heterocycles. The van der Waals surface area contributed by atoms with Gasteiger partial charge in [0.2, 0.25) is 0 Å². The van der Waals surface area contributed by atoms with Crippen molar-refractivity contribution in [2.24, 2.45) is 7.05 Å². The van der Waals surface area contributed by atoms with E-state index in [1.807, 2.05) is 60.4 Å². The second-order valence-corrected chi connectivity index (χ2v) is 6.76. The number of imidazole rings is 1. The van der Waals surface area contributed by atoms with Crippen molar-refractivity contribution in [3.63, 3.8) is 0 Å². The third-order valence-corrected chi connectivity index (χ3v) is 4.86. The Balaban J connectivity index is 1.39. The highest BCUT2D eigenvalue weighted by Gasteiger charge is 2.13. The summed E-state index contributed by atoms with van der Waals surface area (Å²) in [6, 6.07) is 15.6. The second kappa shape index (κ2) is 6.84. The Labute approximate surface area is 156 Å². The highest BCUT2D eigenvalue weighted by molar-refractivity contribution is 6.31. The number of rotatable bonds is 5. The maximum absolute atomic E-state index is 12.5. The van der Waals surface area contributed by atoms with Crippen LogP contribution in [0.3, 0.4) is 0 Å². The quantitative estimate of drug-likeness (QED) is 0.543. The molecular weight excluding hydrogens is 348 g/mol. The molecule has 1 amide bonds. The van der Waals surface area contributed by atoms with Crippen LogP contribution in [-0.2, 0) is 13.6 Å². The van der Waals surface area contributed by atoms with Crippen LogP contribution in [0.5, 0.6) is 0 Å². The molecule has 0 aliphatic heterocycles. The molecule has 2 heterocycles. The summed E-state index contributed by atoms with van der Waals surface area (Å²) < 4.78 is 3.99. The summed E-state index contributed by atoms with van der Waals surface area (Å²) in [6.07, 6.45) is 2.68. The fourth-order valence-electron chi connectivity index (χ4n) is 3.25. The minimum atomic E-state index is -0.0738. The van der Waals surface area contributed by atoms with E-state index in [9.17, 15) is 4.79 Å². The highest BCUT2D eigenvalue weighted by Crippen LogP contribution is 2.22. The first-order valence-corrected chi connectivity index (χ1v) is 8.94. The van der Waals surface area contributed by atoms with Gasteiger partial charge < -0.3 is 14.5 Å². The number of aromatic nitrogens is 3. The molecule has 26 heavy (non-hydrogen) atoms. The van der Waals surface area contributed by atoms with Gasteiger partial charge in [-0.15, -0.1) is 0 Å². The van der Waals surface area contributed by atoms with Gasteiger partial charge in [0.05, 0.1) is 17.4 Å². The lowest BCUT2D eigenvalue weighted by molar-refractivity contribution is 0.0945. The SMILES string of the molecule is Cn1c(C(=O)NCCCn2cnc3ccccc32)cc2ccc(Cl)cc21. The molecule has 0 unspecified atom stereocenters. The summed E-state index contributed by atoms with van der Waals surface area (Å²) in [6.45, 7) is 1.42. The van der Waals surface area contributed by atoms with Gasteiger partial charge >= 0.3 is 0 Å². The van der Waals surface area contributed by atoms with E-state index in [2.05, 4.69) is 20.9 Å². The van der Waals surface area contributed by atoms with E-state index in [-0.39, 0.29) is 5.91 Å². The van der Waals surface area contributed by atoms with E-state index in [1.54, 1.807) is 0 Å². The van der Waals surface area contributed by atoms with Gasteiger partial charge in [-0.2, -0.15) is 0 Å². The third kappa shape index (κ3) is 3.06. The summed E-state index contributed by atoms with van der Waals surface area (Å²) >= 11 is 6.05. The molecule has 132 valence electrons. The van der Waals surface area contributed by atoms with Crippen LogP contribution in [0.4, 0.5) is 0 Å². The van der Waals surface area contributed by atoms with Crippen molar-refractivity contribution in [3.8, 4) is 0 Å². The number of halogens is 1. The molecule has 4 aromatic rings. The van der Waals surface area contributed by atoms with Crippen molar-refractivity contribution in [1.29, 1.82) is 0 Å². The number of benzene rings is 2. The van der Waals surface area contributed by atoms with Crippen molar-refractivity contribution < 1.29 is 4.79 Å². The van der Waals surface area contributed by atoms with Crippen molar-refractivity contribution in [2.45, 2.75) is 13.0 Å². The molecule has 0 bridgehead atoms. The topological polar surface area (TPSA) is 51.9 Å². The molecule has 2 aromatic carbocycles. The van der Waals surface area contributed by atoms with E-state index in [0.29, 0.717) is 17.3 Å². The zero-order chi connectivity index (χ0) is 18.1. The number of carbonyl (C=O) groups is 1. The van der Waals surface area contributed by atoms with E-state index in [4.69, 9.17) is 11.6 Å². The summed E-state index contributed by atoms with van der Waals surface area (Å²) in [5, 5.41) is 4.67. The van der Waals surface area contributed by atoms with Crippen LogP contribution < -0.4 is 5.32 Å². The number of nitrogens with zero attached hydrogens (tertiary/aromatic N) is 3. The van der Waals surface area contributed by atoms with Crippen LogP contribution in [0, 0.1) is 0 Å². The predicted molar refractivity (Wildman–Crippen MR) is 105 cm³/mol. The molecule has 0 saturated heterocycles. The number of aryl methyl sites for hydroxylation is 2. The lowest BCUT2D eigenvalue weighted by atomic mass is 10.2. The minimum absolute atomic E-state index is 0.0738. The summed E-state index contributed by atoms with van der Waals surface area (Å²) in [4.78, 5) is 16.9. The van der Waals surface area contributed by atoms with E-state index in [1.165, 1.54) is 0 Å². The van der Waals surface area contributed by atoms with Crippen LogP contribution in [0.25, 0.3) is 21.9 Å². The van der Waals surface area contributed by atoms with Crippen molar-refractivity contribution in [2.75, 3.05) is 6.54 Å². The molecule has 0 aliphatic rings. The van der Waals surface area contributed by atoms with Gasteiger partial charge in [-0.05, 0) is 36.8 Å². The average molecular weight is 367 g/mol. The Kier molecular flexibility index (Phi) is 4.39. The lowest BCUT2D eigenvalue weighted by Crippen LogP contribution is -2.26. The normalized spacial score (nSPS) is 11.3. The molecule has 0 atom stereocenters. The third-order valence-electron chi connectivity index (χ3n) is 4.63. The smallest absolute Gasteiger partial charge is 0.267 e. The Bertz CT molecular complexity index is 1100. The van der Waals surface area contributed by atoms with E-state index >= 15 is 0 Å². The summed E-state index contributed by atoms with van der Waals surface area (Å²) in [5.41, 5.74) is 3.69. The molecule has 0 radical (unpaired) electrons. The van der Waals surface area contributed by atoms with Crippen LogP contribution in [0.2, 0.25) is 5.02 Å². The number of fused-ring (bicyclic) bond motifs is 2. The van der Waals surface area contributed by atoms with Gasteiger partial charge in [0.1, 0.15) is 5.69 Å². The van der Waals surface area contributed by atoms with Crippen molar-refractivity contribution in [1.82, 2.24) is 19.4 Å². The molecule has 0 aliphatic carbocycles. The number of para-hydroxylation sites is 2. The fourth-order valence-corrected chi connectivity index (χ4v) is 3.42. The molecule has 0 fully saturated rings. The van der Waals surface area contributed by atoms with Gasteiger partial charge in [-0.3, -0.25) is 4.79 Å². The Morgan fingerprint density at radius 2 is 2.00 bits per heavy atom. The van der Waals surface area contributed by atoms with Crippen LogP contribution >= 0.6 is 11.6 Å². The number of carbonyl (C=O) groups excluding carboxylic acids is 1. The molecular formula is C20H19ClN4O. The zero-order valence-corrected chi connectivity index (χ0v) is 15.2. The Morgan fingerprint density at radius 1 is 1.15 bits per heavy atom. The first kappa shape index (κ1) is 16.7. The predicted octanol–water partition coefficient (Wildman–Crippen LogP) is 4.00. The second-order valence-electron chi connectivity index (χ2n) is 6.33. The summed E-state index contributed by atoms with van der Waals surface area (Å²) in [7, 11) is 1.88. The van der Waals surface area contributed by atoms with Gasteiger partial charge in [0.15, 0.2) is 0 Å². The maximum Gasteiger partial charge on any atom is 0.267 e. The van der Waals surface area contributed by atoms with Gasteiger partial charge in [-0.25, -0.2) is 4.98 Å². The molecule has 1 N–H and O–H groups in total. The monoisotopic (exact) mass is 366 g/mol. The zero-order valence-electron chi connectivity index (χ0n) is 14.4. The molecule has 4 rings (SSSR count). The van der Waals surface area contributed by atoms with Crippen LogP contribution in [0.1, 0.15) is 16.9 Å². The maximum atomic E-state index is 12.5. The lowest BCUT2D eigenvalue weighted by Gasteiger charge is -2.08. The van der Waals surface area contributed by atoms with Gasteiger partial charge in [-0.1, -0.05) is 29.8 Å². The molecule has 0 saturated carbocycles. The van der Waals surface area contributed by atoms with Crippen molar-refractivity contribution >= 4 is 39.4 Å². The number of hydrogen-bond acceptors (Lipinski definition) is 2. The van der Waals surface area contributed by atoms with E-state index < -0.39 is 0 Å².